The van der Waals surface area contributed by atoms with E-state index in [9.17, 15) is 9.18 Å². The molecule has 3 aliphatic heterocycles. The first kappa shape index (κ1) is 17.2. The molecular formula is C20H26FN3O2. The third kappa shape index (κ3) is 3.02. The van der Waals surface area contributed by atoms with Crippen LogP contribution in [0.25, 0.3) is 5.70 Å². The average molecular weight is 359 g/mol. The molecule has 3 aliphatic rings. The zero-order valence-electron chi connectivity index (χ0n) is 15.6. The highest BCUT2D eigenvalue weighted by Gasteiger charge is 2.42. The van der Waals surface area contributed by atoms with Gasteiger partial charge >= 0.3 is 6.09 Å². The van der Waals surface area contributed by atoms with Crippen LogP contribution in [0.3, 0.4) is 0 Å². The van der Waals surface area contributed by atoms with Crippen LogP contribution in [0, 0.1) is 11.7 Å². The number of likely N-dealkylation sites (tertiary alicyclic amines) is 1. The summed E-state index contributed by atoms with van der Waals surface area (Å²) in [6, 6.07) is 5.36. The Morgan fingerprint density at radius 1 is 1.27 bits per heavy atom. The van der Waals surface area contributed by atoms with Crippen molar-refractivity contribution in [2.45, 2.75) is 45.3 Å². The van der Waals surface area contributed by atoms with Crippen molar-refractivity contribution in [3.05, 3.63) is 41.3 Å². The summed E-state index contributed by atoms with van der Waals surface area (Å²) < 4.78 is 19.2. The van der Waals surface area contributed by atoms with E-state index in [0.29, 0.717) is 19.0 Å². The molecule has 1 aromatic rings. The van der Waals surface area contributed by atoms with Crippen LogP contribution in [-0.4, -0.2) is 41.3 Å². The van der Waals surface area contributed by atoms with Crippen LogP contribution in [0.1, 0.15) is 50.8 Å². The Labute approximate surface area is 153 Å². The molecule has 5 nitrogen and oxygen atoms in total. The predicted molar refractivity (Wildman–Crippen MR) is 97.5 cm³/mol. The first-order valence-corrected chi connectivity index (χ1v) is 9.31. The van der Waals surface area contributed by atoms with Gasteiger partial charge in [-0.1, -0.05) is 6.07 Å². The zero-order chi connectivity index (χ0) is 18.5. The molecule has 4 rings (SSSR count). The van der Waals surface area contributed by atoms with Crippen molar-refractivity contribution in [3.8, 4) is 0 Å². The Bertz CT molecular complexity index is 748. The molecule has 6 heteroatoms. The Balaban J connectivity index is 1.49. The van der Waals surface area contributed by atoms with E-state index in [-0.39, 0.29) is 18.0 Å². The summed E-state index contributed by atoms with van der Waals surface area (Å²) in [5.41, 5.74) is 2.81. The van der Waals surface area contributed by atoms with Crippen LogP contribution >= 0.6 is 0 Å². The van der Waals surface area contributed by atoms with Gasteiger partial charge in [-0.05, 0) is 57.2 Å². The van der Waals surface area contributed by atoms with Gasteiger partial charge in [0, 0.05) is 24.9 Å². The molecule has 140 valence electrons. The number of rotatable bonds is 1. The number of nitrogens with zero attached hydrogens (tertiary/aromatic N) is 2. The first-order valence-electron chi connectivity index (χ1n) is 9.31. The van der Waals surface area contributed by atoms with Gasteiger partial charge < -0.3 is 19.9 Å². The van der Waals surface area contributed by atoms with Gasteiger partial charge in [0.05, 0.1) is 18.4 Å². The topological polar surface area (TPSA) is 44.8 Å². The number of halogens is 1. The second-order valence-electron chi connectivity index (χ2n) is 8.34. The van der Waals surface area contributed by atoms with Crippen LogP contribution in [-0.2, 0) is 4.74 Å². The van der Waals surface area contributed by atoms with Gasteiger partial charge in [-0.25, -0.2) is 9.18 Å². The molecule has 0 saturated carbocycles. The van der Waals surface area contributed by atoms with E-state index in [1.807, 2.05) is 33.0 Å². The lowest BCUT2D eigenvalue weighted by atomic mass is 9.85. The highest BCUT2D eigenvalue weighted by Crippen LogP contribution is 2.48. The lowest BCUT2D eigenvalue weighted by Crippen LogP contribution is -2.43. The molecule has 0 aliphatic carbocycles. The summed E-state index contributed by atoms with van der Waals surface area (Å²) in [6.45, 7) is 7.82. The van der Waals surface area contributed by atoms with E-state index in [0.717, 1.165) is 30.8 Å². The molecule has 1 fully saturated rings. The number of carbonyl (C=O) groups is 1. The van der Waals surface area contributed by atoms with Gasteiger partial charge in [0.2, 0.25) is 0 Å². The lowest BCUT2D eigenvalue weighted by molar-refractivity contribution is 0.0151. The molecule has 1 N–H and O–H groups in total. The van der Waals surface area contributed by atoms with E-state index in [4.69, 9.17) is 4.74 Å². The smallest absolute Gasteiger partial charge is 0.410 e. The standard InChI is InChI=1S/C20H26FN3O2/c1-20(2,3)26-19(25)23-8-6-13(7-9-23)18-15-5-4-14(21)10-16(15)17-11-22-12-24(17)18/h4-5,10-11,13,18,22H,6-9,12H2,1-3H3. The van der Waals surface area contributed by atoms with Crippen molar-refractivity contribution < 1.29 is 13.9 Å². The van der Waals surface area contributed by atoms with E-state index < -0.39 is 5.60 Å². The third-order valence-electron chi connectivity index (χ3n) is 5.39. The van der Waals surface area contributed by atoms with Crippen molar-refractivity contribution >= 4 is 11.8 Å². The van der Waals surface area contributed by atoms with Gasteiger partial charge in [0.25, 0.3) is 0 Å². The molecule has 3 heterocycles. The molecule has 0 spiro atoms. The molecular weight excluding hydrogens is 333 g/mol. The maximum Gasteiger partial charge on any atom is 0.410 e. The zero-order valence-corrected chi connectivity index (χ0v) is 15.6. The Morgan fingerprint density at radius 3 is 2.69 bits per heavy atom. The fourth-order valence-electron chi connectivity index (χ4n) is 4.30. The van der Waals surface area contributed by atoms with Crippen molar-refractivity contribution in [2.24, 2.45) is 5.92 Å². The minimum atomic E-state index is -0.469. The molecule has 0 radical (unpaired) electrons. The van der Waals surface area contributed by atoms with E-state index in [1.165, 1.54) is 5.56 Å². The molecule has 1 unspecified atom stereocenters. The van der Waals surface area contributed by atoms with Crippen LogP contribution in [0.2, 0.25) is 0 Å². The number of fused-ring (bicyclic) bond motifs is 3. The van der Waals surface area contributed by atoms with E-state index >= 15 is 0 Å². The summed E-state index contributed by atoms with van der Waals surface area (Å²) >= 11 is 0. The summed E-state index contributed by atoms with van der Waals surface area (Å²) in [4.78, 5) is 16.4. The predicted octanol–water partition coefficient (Wildman–Crippen LogP) is 3.69. The molecule has 1 aromatic carbocycles. The third-order valence-corrected chi connectivity index (χ3v) is 5.39. The fraction of sp³-hybridized carbons (Fsp3) is 0.550. The van der Waals surface area contributed by atoms with Crippen molar-refractivity contribution in [2.75, 3.05) is 19.8 Å². The van der Waals surface area contributed by atoms with Crippen molar-refractivity contribution in [1.82, 2.24) is 15.1 Å². The first-order chi connectivity index (χ1) is 12.3. The van der Waals surface area contributed by atoms with Gasteiger partial charge in [-0.2, -0.15) is 0 Å². The average Bonchev–Trinajstić information content (AvgIpc) is 3.14. The Morgan fingerprint density at radius 2 is 2.00 bits per heavy atom. The molecule has 0 aromatic heterocycles. The fourth-order valence-corrected chi connectivity index (χ4v) is 4.30. The monoisotopic (exact) mass is 359 g/mol. The summed E-state index contributed by atoms with van der Waals surface area (Å²) in [5, 5.41) is 3.26. The van der Waals surface area contributed by atoms with Gasteiger partial charge in [0.15, 0.2) is 0 Å². The minimum absolute atomic E-state index is 0.197. The van der Waals surface area contributed by atoms with Crippen LogP contribution in [0.15, 0.2) is 24.4 Å². The molecule has 1 atom stereocenters. The van der Waals surface area contributed by atoms with Crippen molar-refractivity contribution in [3.63, 3.8) is 0 Å². The summed E-state index contributed by atoms with van der Waals surface area (Å²) in [7, 11) is 0. The second kappa shape index (κ2) is 6.18. The molecule has 26 heavy (non-hydrogen) atoms. The number of amides is 1. The SMILES string of the molecule is CC(C)(C)OC(=O)N1CCC(C2c3ccc(F)cc3C3=CNCN32)CC1. The number of hydrogen-bond donors (Lipinski definition) is 1. The number of ether oxygens (including phenoxy) is 1. The summed E-state index contributed by atoms with van der Waals surface area (Å²) in [5.74, 6) is 0.237. The highest BCUT2D eigenvalue weighted by atomic mass is 19.1. The number of piperidine rings is 1. The van der Waals surface area contributed by atoms with Gasteiger partial charge in [-0.3, -0.25) is 0 Å². The largest absolute Gasteiger partial charge is 0.444 e. The second-order valence-corrected chi connectivity index (χ2v) is 8.34. The van der Waals surface area contributed by atoms with E-state index in [1.54, 1.807) is 17.0 Å². The van der Waals surface area contributed by atoms with Gasteiger partial charge in [-0.15, -0.1) is 0 Å². The summed E-state index contributed by atoms with van der Waals surface area (Å²) in [6.07, 6.45) is 3.59. The molecule has 1 amide bonds. The highest BCUT2D eigenvalue weighted by molar-refractivity contribution is 5.73. The Kier molecular flexibility index (Phi) is 4.09. The van der Waals surface area contributed by atoms with Crippen molar-refractivity contribution in [1.29, 1.82) is 0 Å². The minimum Gasteiger partial charge on any atom is -0.444 e. The van der Waals surface area contributed by atoms with Crippen LogP contribution in [0.4, 0.5) is 9.18 Å². The number of nitrogens with one attached hydrogen (secondary N) is 1. The lowest BCUT2D eigenvalue weighted by Gasteiger charge is -2.38. The number of benzene rings is 1. The number of carbonyl (C=O) groups excluding carboxylic acids is 1. The van der Waals surface area contributed by atoms with Crippen LogP contribution in [0.5, 0.6) is 0 Å². The maximum atomic E-state index is 13.7. The van der Waals surface area contributed by atoms with Gasteiger partial charge in [0.1, 0.15) is 11.4 Å². The molecule has 0 bridgehead atoms. The maximum absolute atomic E-state index is 13.7. The molecule has 1 saturated heterocycles. The van der Waals surface area contributed by atoms with Crippen LogP contribution < -0.4 is 5.32 Å². The number of hydrogen-bond acceptors (Lipinski definition) is 4. The normalized spacial score (nSPS) is 22.6. The van der Waals surface area contributed by atoms with E-state index in [2.05, 4.69) is 10.2 Å². The quantitative estimate of drug-likeness (QED) is 0.831. The Hall–Kier alpha value is -2.24.